The quantitative estimate of drug-likeness (QED) is 0.378. The number of carbonyl (C=O) groups excluding carboxylic acids is 2. The highest BCUT2D eigenvalue weighted by Crippen LogP contribution is 2.33. The Bertz CT molecular complexity index is 1310. The Morgan fingerprint density at radius 2 is 1.81 bits per heavy atom. The normalized spacial score (nSPS) is 13.3. The van der Waals surface area contributed by atoms with Gasteiger partial charge in [0.25, 0.3) is 5.91 Å². The van der Waals surface area contributed by atoms with Crippen LogP contribution in [0.15, 0.2) is 54.7 Å². The summed E-state index contributed by atoms with van der Waals surface area (Å²) in [7, 11) is 3.84. The summed E-state index contributed by atoms with van der Waals surface area (Å²) in [5.74, 6) is -1.64. The van der Waals surface area contributed by atoms with Crippen LogP contribution in [0.1, 0.15) is 21.5 Å². The second-order valence-electron chi connectivity index (χ2n) is 8.68. The molecule has 1 aliphatic heterocycles. The van der Waals surface area contributed by atoms with Gasteiger partial charge >= 0.3 is 12.2 Å². The molecule has 4 rings (SSSR count). The molecule has 2 aromatic carbocycles. The molecule has 1 aromatic heterocycles. The van der Waals surface area contributed by atoms with Gasteiger partial charge in [-0.15, -0.1) is 0 Å². The molecule has 0 aliphatic carbocycles. The molecular weight excluding hydrogens is 492 g/mol. The van der Waals surface area contributed by atoms with E-state index >= 15 is 0 Å². The molecule has 37 heavy (non-hydrogen) atoms. The molecule has 3 aromatic rings. The first-order valence-corrected chi connectivity index (χ1v) is 11.2. The SMILES string of the molecule is CN(C)CCN1Cc2c(Nc3ccc(NC(=O)c4ccc(F)cc4C(F)(F)F)cc3)ccnc2NC1=O. The highest BCUT2D eigenvalue weighted by Gasteiger charge is 2.35. The Hall–Kier alpha value is -4.19. The van der Waals surface area contributed by atoms with Gasteiger partial charge < -0.3 is 20.4 Å². The molecule has 0 saturated carbocycles. The second kappa shape index (κ2) is 10.4. The van der Waals surface area contributed by atoms with Crippen LogP contribution in [-0.2, 0) is 12.7 Å². The summed E-state index contributed by atoms with van der Waals surface area (Å²) in [6.07, 6.45) is -3.32. The Morgan fingerprint density at radius 1 is 1.11 bits per heavy atom. The van der Waals surface area contributed by atoms with E-state index in [2.05, 4.69) is 20.9 Å². The van der Waals surface area contributed by atoms with Gasteiger partial charge in [0.2, 0.25) is 0 Å². The Kier molecular flexibility index (Phi) is 7.30. The van der Waals surface area contributed by atoms with Crippen molar-refractivity contribution in [1.82, 2.24) is 14.8 Å². The van der Waals surface area contributed by atoms with Crippen molar-refractivity contribution in [3.8, 4) is 0 Å². The first-order valence-electron chi connectivity index (χ1n) is 11.2. The summed E-state index contributed by atoms with van der Waals surface area (Å²) < 4.78 is 53.1. The van der Waals surface area contributed by atoms with Crippen molar-refractivity contribution >= 4 is 34.8 Å². The van der Waals surface area contributed by atoms with Crippen LogP contribution in [0.4, 0.5) is 45.2 Å². The number of hydrogen-bond acceptors (Lipinski definition) is 5. The zero-order valence-electron chi connectivity index (χ0n) is 20.0. The van der Waals surface area contributed by atoms with E-state index in [1.807, 2.05) is 19.0 Å². The molecule has 194 valence electrons. The zero-order valence-corrected chi connectivity index (χ0v) is 20.0. The van der Waals surface area contributed by atoms with E-state index in [0.29, 0.717) is 37.2 Å². The maximum Gasteiger partial charge on any atom is 0.417 e. The maximum atomic E-state index is 13.3. The van der Waals surface area contributed by atoms with Crippen LogP contribution in [0.25, 0.3) is 0 Å². The lowest BCUT2D eigenvalue weighted by molar-refractivity contribution is -0.138. The molecule has 3 N–H and O–H groups in total. The Morgan fingerprint density at radius 3 is 2.49 bits per heavy atom. The summed E-state index contributed by atoms with van der Waals surface area (Å²) >= 11 is 0. The van der Waals surface area contributed by atoms with Gasteiger partial charge in [-0.05, 0) is 62.6 Å². The summed E-state index contributed by atoms with van der Waals surface area (Å²) in [5, 5.41) is 8.45. The number of halogens is 4. The molecule has 0 bridgehead atoms. The lowest BCUT2D eigenvalue weighted by Crippen LogP contribution is -2.42. The number of fused-ring (bicyclic) bond motifs is 1. The third kappa shape index (κ3) is 6.15. The topological polar surface area (TPSA) is 89.6 Å². The van der Waals surface area contributed by atoms with Gasteiger partial charge in [0.15, 0.2) is 0 Å². The predicted octanol–water partition coefficient (Wildman–Crippen LogP) is 5.14. The highest BCUT2D eigenvalue weighted by molar-refractivity contribution is 6.05. The highest BCUT2D eigenvalue weighted by atomic mass is 19.4. The third-order valence-electron chi connectivity index (χ3n) is 5.69. The fraction of sp³-hybridized carbons (Fsp3) is 0.240. The minimum Gasteiger partial charge on any atom is -0.355 e. The number of anilines is 4. The number of aromatic nitrogens is 1. The van der Waals surface area contributed by atoms with Crippen LogP contribution in [0.3, 0.4) is 0 Å². The molecular formula is C25H24F4N6O2. The van der Waals surface area contributed by atoms with E-state index in [4.69, 9.17) is 0 Å². The van der Waals surface area contributed by atoms with Crippen molar-refractivity contribution in [1.29, 1.82) is 0 Å². The van der Waals surface area contributed by atoms with E-state index in [1.165, 1.54) is 12.1 Å². The number of pyridine rings is 1. The molecule has 0 atom stereocenters. The van der Waals surface area contributed by atoms with E-state index < -0.39 is 29.0 Å². The van der Waals surface area contributed by atoms with Gasteiger partial charge in [-0.1, -0.05) is 0 Å². The van der Waals surface area contributed by atoms with Gasteiger partial charge in [-0.3, -0.25) is 10.1 Å². The number of nitrogens with zero attached hydrogens (tertiary/aromatic N) is 3. The molecule has 12 heteroatoms. The van der Waals surface area contributed by atoms with Crippen LogP contribution in [0.5, 0.6) is 0 Å². The molecule has 8 nitrogen and oxygen atoms in total. The van der Waals surface area contributed by atoms with Crippen LogP contribution < -0.4 is 16.0 Å². The molecule has 0 fully saturated rings. The minimum absolute atomic E-state index is 0.228. The third-order valence-corrected chi connectivity index (χ3v) is 5.69. The minimum atomic E-state index is -4.88. The Balaban J connectivity index is 1.48. The molecule has 3 amide bonds. The van der Waals surface area contributed by atoms with Crippen molar-refractivity contribution < 1.29 is 27.2 Å². The van der Waals surface area contributed by atoms with E-state index in [-0.39, 0.29) is 11.7 Å². The van der Waals surface area contributed by atoms with Gasteiger partial charge in [-0.2, -0.15) is 13.2 Å². The number of nitrogens with one attached hydrogen (secondary N) is 3. The lowest BCUT2D eigenvalue weighted by atomic mass is 10.1. The number of benzene rings is 2. The maximum absolute atomic E-state index is 13.3. The standard InChI is InChI=1S/C25H24F4N6O2/c1-34(2)11-12-35-14-19-21(9-10-30-22(19)33-24(35)37)31-16-4-6-17(7-5-16)32-23(36)18-8-3-15(26)13-20(18)25(27,28)29/h3-10,13H,11-12,14H2,1-2H3,(H,32,36)(H2,30,31,33,37). The van der Waals surface area contributed by atoms with Crippen molar-refractivity contribution in [3.63, 3.8) is 0 Å². The fourth-order valence-corrected chi connectivity index (χ4v) is 3.76. The number of rotatable bonds is 7. The monoisotopic (exact) mass is 516 g/mol. The van der Waals surface area contributed by atoms with Gasteiger partial charge in [-0.25, -0.2) is 14.2 Å². The van der Waals surface area contributed by atoms with Crippen molar-refractivity contribution in [3.05, 3.63) is 77.2 Å². The average Bonchev–Trinajstić information content (AvgIpc) is 2.83. The van der Waals surface area contributed by atoms with Gasteiger partial charge in [0.05, 0.1) is 17.7 Å². The van der Waals surface area contributed by atoms with Crippen molar-refractivity contribution in [2.24, 2.45) is 0 Å². The zero-order chi connectivity index (χ0) is 26.7. The number of hydrogen-bond donors (Lipinski definition) is 3. The van der Waals surface area contributed by atoms with E-state index in [9.17, 15) is 27.2 Å². The van der Waals surface area contributed by atoms with E-state index in [0.717, 1.165) is 23.4 Å². The summed E-state index contributed by atoms with van der Waals surface area (Å²) in [6.45, 7) is 1.59. The molecule has 0 unspecified atom stereocenters. The summed E-state index contributed by atoms with van der Waals surface area (Å²) in [5.41, 5.74) is 0.387. The number of carbonyl (C=O) groups is 2. The molecule has 0 saturated heterocycles. The summed E-state index contributed by atoms with van der Waals surface area (Å²) in [6, 6.07) is 9.77. The van der Waals surface area contributed by atoms with Gasteiger partial charge in [0.1, 0.15) is 11.6 Å². The Labute approximate surface area is 210 Å². The van der Waals surface area contributed by atoms with Crippen LogP contribution in [-0.4, -0.2) is 53.9 Å². The van der Waals surface area contributed by atoms with E-state index in [1.54, 1.807) is 29.3 Å². The first-order chi connectivity index (χ1) is 17.5. The number of amides is 3. The van der Waals surface area contributed by atoms with Crippen LogP contribution in [0.2, 0.25) is 0 Å². The van der Waals surface area contributed by atoms with Gasteiger partial charge in [0, 0.05) is 41.9 Å². The van der Waals surface area contributed by atoms with Crippen LogP contribution >= 0.6 is 0 Å². The summed E-state index contributed by atoms with van der Waals surface area (Å²) in [4.78, 5) is 32.8. The second-order valence-corrected chi connectivity index (χ2v) is 8.68. The molecule has 1 aliphatic rings. The smallest absolute Gasteiger partial charge is 0.355 e. The van der Waals surface area contributed by atoms with Crippen molar-refractivity contribution in [2.75, 3.05) is 43.1 Å². The predicted molar refractivity (Wildman–Crippen MR) is 131 cm³/mol. The molecule has 2 heterocycles. The fourth-order valence-electron chi connectivity index (χ4n) is 3.76. The average molecular weight is 516 g/mol. The van der Waals surface area contributed by atoms with Crippen LogP contribution in [0, 0.1) is 5.82 Å². The number of likely N-dealkylation sites (N-methyl/N-ethyl adjacent to an activating group) is 1. The first kappa shape index (κ1) is 25.9. The van der Waals surface area contributed by atoms with Crippen molar-refractivity contribution in [2.45, 2.75) is 12.7 Å². The lowest BCUT2D eigenvalue weighted by Gasteiger charge is -2.31. The number of alkyl halides is 3. The molecule has 0 spiro atoms. The number of urea groups is 1. The molecule has 0 radical (unpaired) electrons. The largest absolute Gasteiger partial charge is 0.417 e.